The molecule has 0 unspecified atom stereocenters. The lowest BCUT2D eigenvalue weighted by molar-refractivity contribution is 0.0698. The van der Waals surface area contributed by atoms with Crippen molar-refractivity contribution in [3.63, 3.8) is 0 Å². The van der Waals surface area contributed by atoms with Crippen LogP contribution in [0.3, 0.4) is 0 Å². The van der Waals surface area contributed by atoms with E-state index in [0.29, 0.717) is 21.3 Å². The number of aromatic amines is 1. The van der Waals surface area contributed by atoms with E-state index in [1.165, 1.54) is 6.07 Å². The Kier molecular flexibility index (Phi) is 2.90. The minimum Gasteiger partial charge on any atom is -0.478 e. The van der Waals surface area contributed by atoms with Crippen LogP contribution >= 0.6 is 23.2 Å². The molecule has 0 aliphatic heterocycles. The van der Waals surface area contributed by atoms with Gasteiger partial charge < -0.3 is 10.1 Å². The monoisotopic (exact) mass is 255 g/mol. The van der Waals surface area contributed by atoms with Crippen molar-refractivity contribution in [2.45, 2.75) is 0 Å². The predicted molar refractivity (Wildman–Crippen MR) is 63.2 cm³/mol. The molecule has 1 aromatic heterocycles. The quantitative estimate of drug-likeness (QED) is 0.860. The van der Waals surface area contributed by atoms with Gasteiger partial charge in [-0.15, -0.1) is 0 Å². The standard InChI is InChI=1S/C11H7Cl2NO2/c12-6-1-2-7(9(13)5-6)10-8(11(15)16)3-4-14-10/h1-5,14H,(H,15,16). The van der Waals surface area contributed by atoms with Crippen molar-refractivity contribution in [3.8, 4) is 11.3 Å². The maximum atomic E-state index is 10.9. The first kappa shape index (κ1) is 11.0. The first-order valence-electron chi connectivity index (χ1n) is 4.45. The van der Waals surface area contributed by atoms with Gasteiger partial charge in [-0.05, 0) is 24.3 Å². The van der Waals surface area contributed by atoms with Crippen molar-refractivity contribution in [3.05, 3.63) is 46.1 Å². The van der Waals surface area contributed by atoms with E-state index < -0.39 is 5.97 Å². The Labute approximate surface area is 102 Å². The fraction of sp³-hybridized carbons (Fsp3) is 0. The second-order valence-corrected chi connectivity index (χ2v) is 4.04. The largest absolute Gasteiger partial charge is 0.478 e. The van der Waals surface area contributed by atoms with Crippen molar-refractivity contribution in [2.75, 3.05) is 0 Å². The van der Waals surface area contributed by atoms with Crippen molar-refractivity contribution < 1.29 is 9.90 Å². The van der Waals surface area contributed by atoms with Gasteiger partial charge in [0.1, 0.15) is 0 Å². The third-order valence-corrected chi connectivity index (χ3v) is 2.73. The smallest absolute Gasteiger partial charge is 0.337 e. The summed E-state index contributed by atoms with van der Waals surface area (Å²) in [6.45, 7) is 0. The second kappa shape index (κ2) is 4.20. The number of rotatable bonds is 2. The van der Waals surface area contributed by atoms with E-state index >= 15 is 0 Å². The Morgan fingerprint density at radius 2 is 2.00 bits per heavy atom. The summed E-state index contributed by atoms with van der Waals surface area (Å²) in [4.78, 5) is 13.8. The minimum atomic E-state index is -0.998. The van der Waals surface area contributed by atoms with E-state index in [0.717, 1.165) is 0 Å². The third-order valence-electron chi connectivity index (χ3n) is 2.18. The van der Waals surface area contributed by atoms with E-state index in [4.69, 9.17) is 28.3 Å². The number of carboxylic acid groups (broad SMARTS) is 1. The Morgan fingerprint density at radius 1 is 1.25 bits per heavy atom. The SMILES string of the molecule is O=C(O)c1cc[nH]c1-c1ccc(Cl)cc1Cl. The van der Waals surface area contributed by atoms with Gasteiger partial charge in [-0.25, -0.2) is 4.79 Å². The molecule has 1 aromatic carbocycles. The molecule has 0 aliphatic rings. The van der Waals surface area contributed by atoms with Crippen molar-refractivity contribution in [1.82, 2.24) is 4.98 Å². The molecule has 16 heavy (non-hydrogen) atoms. The van der Waals surface area contributed by atoms with Crippen molar-refractivity contribution in [1.29, 1.82) is 0 Å². The van der Waals surface area contributed by atoms with Gasteiger partial charge in [0.15, 0.2) is 0 Å². The number of halogens is 2. The van der Waals surface area contributed by atoms with Crippen LogP contribution in [0.5, 0.6) is 0 Å². The molecular formula is C11H7Cl2NO2. The lowest BCUT2D eigenvalue weighted by Crippen LogP contribution is -1.97. The van der Waals surface area contributed by atoms with E-state index in [1.54, 1.807) is 24.4 Å². The van der Waals surface area contributed by atoms with E-state index in [-0.39, 0.29) is 5.56 Å². The molecule has 0 fully saturated rings. The maximum Gasteiger partial charge on any atom is 0.337 e. The van der Waals surface area contributed by atoms with Crippen LogP contribution in [-0.2, 0) is 0 Å². The summed E-state index contributed by atoms with van der Waals surface area (Å²) in [5, 5.41) is 9.90. The summed E-state index contributed by atoms with van der Waals surface area (Å²) in [6.07, 6.45) is 1.56. The molecule has 82 valence electrons. The molecule has 2 aromatic rings. The summed E-state index contributed by atoms with van der Waals surface area (Å²) in [5.41, 5.74) is 1.28. The molecule has 2 rings (SSSR count). The first-order chi connectivity index (χ1) is 7.59. The highest BCUT2D eigenvalue weighted by Gasteiger charge is 2.14. The average Bonchev–Trinajstić information content (AvgIpc) is 2.66. The number of hydrogen-bond donors (Lipinski definition) is 2. The molecule has 0 saturated heterocycles. The number of H-pyrrole nitrogens is 1. The number of carbonyl (C=O) groups is 1. The van der Waals surface area contributed by atoms with Gasteiger partial charge in [0.2, 0.25) is 0 Å². The minimum absolute atomic E-state index is 0.184. The number of benzene rings is 1. The topological polar surface area (TPSA) is 53.1 Å². The van der Waals surface area contributed by atoms with Crippen LogP contribution in [0.2, 0.25) is 10.0 Å². The van der Waals surface area contributed by atoms with E-state index in [1.807, 2.05) is 0 Å². The molecule has 0 radical (unpaired) electrons. The molecule has 5 heteroatoms. The summed E-state index contributed by atoms with van der Waals surface area (Å²) >= 11 is 11.8. The molecule has 0 aliphatic carbocycles. The summed E-state index contributed by atoms with van der Waals surface area (Å²) in [6, 6.07) is 6.41. The van der Waals surface area contributed by atoms with Gasteiger partial charge in [-0.3, -0.25) is 0 Å². The zero-order chi connectivity index (χ0) is 11.7. The van der Waals surface area contributed by atoms with Crippen LogP contribution in [0.4, 0.5) is 0 Å². The number of carboxylic acids is 1. The Balaban J connectivity index is 2.59. The second-order valence-electron chi connectivity index (χ2n) is 3.20. The number of nitrogens with one attached hydrogen (secondary N) is 1. The van der Waals surface area contributed by atoms with Gasteiger partial charge >= 0.3 is 5.97 Å². The van der Waals surface area contributed by atoms with Crippen molar-refractivity contribution in [2.24, 2.45) is 0 Å². The van der Waals surface area contributed by atoms with Crippen LogP contribution in [0, 0.1) is 0 Å². The van der Waals surface area contributed by atoms with Crippen LogP contribution in [-0.4, -0.2) is 16.1 Å². The first-order valence-corrected chi connectivity index (χ1v) is 5.21. The van der Waals surface area contributed by atoms with Gasteiger partial charge in [-0.1, -0.05) is 23.2 Å². The summed E-state index contributed by atoms with van der Waals surface area (Å²) in [5.74, 6) is -0.998. The fourth-order valence-electron chi connectivity index (χ4n) is 1.46. The summed E-state index contributed by atoms with van der Waals surface area (Å²) < 4.78 is 0. The van der Waals surface area contributed by atoms with Crippen LogP contribution in [0.1, 0.15) is 10.4 Å². The molecule has 0 saturated carbocycles. The van der Waals surface area contributed by atoms with Crippen LogP contribution < -0.4 is 0 Å². The molecule has 0 amide bonds. The molecule has 0 spiro atoms. The number of aromatic nitrogens is 1. The zero-order valence-electron chi connectivity index (χ0n) is 8.00. The summed E-state index contributed by atoms with van der Waals surface area (Å²) in [7, 11) is 0. The third kappa shape index (κ3) is 1.92. The Bertz CT molecular complexity index is 549. The molecular weight excluding hydrogens is 249 g/mol. The fourth-order valence-corrected chi connectivity index (χ4v) is 1.97. The van der Waals surface area contributed by atoms with Gasteiger partial charge in [-0.2, -0.15) is 0 Å². The molecule has 0 bridgehead atoms. The molecule has 2 N–H and O–H groups in total. The van der Waals surface area contributed by atoms with E-state index in [9.17, 15) is 4.79 Å². The lowest BCUT2D eigenvalue weighted by atomic mass is 10.1. The highest BCUT2D eigenvalue weighted by Crippen LogP contribution is 2.31. The van der Waals surface area contributed by atoms with Gasteiger partial charge in [0.05, 0.1) is 16.3 Å². The highest BCUT2D eigenvalue weighted by molar-refractivity contribution is 6.36. The van der Waals surface area contributed by atoms with Crippen LogP contribution in [0.15, 0.2) is 30.5 Å². The van der Waals surface area contributed by atoms with Gasteiger partial charge in [0, 0.05) is 16.8 Å². The maximum absolute atomic E-state index is 10.9. The Morgan fingerprint density at radius 3 is 2.62 bits per heavy atom. The number of aromatic carboxylic acids is 1. The lowest BCUT2D eigenvalue weighted by Gasteiger charge is -2.04. The molecule has 1 heterocycles. The average molecular weight is 256 g/mol. The van der Waals surface area contributed by atoms with E-state index in [2.05, 4.69) is 4.98 Å². The predicted octanol–water partition coefficient (Wildman–Crippen LogP) is 3.69. The van der Waals surface area contributed by atoms with Gasteiger partial charge in [0.25, 0.3) is 0 Å². The number of hydrogen-bond acceptors (Lipinski definition) is 1. The van der Waals surface area contributed by atoms with Crippen molar-refractivity contribution >= 4 is 29.2 Å². The zero-order valence-corrected chi connectivity index (χ0v) is 9.51. The molecule has 3 nitrogen and oxygen atoms in total. The van der Waals surface area contributed by atoms with Crippen LogP contribution in [0.25, 0.3) is 11.3 Å². The highest BCUT2D eigenvalue weighted by atomic mass is 35.5. The Hall–Kier alpha value is -1.45. The normalized spacial score (nSPS) is 10.4. The molecule has 0 atom stereocenters.